The number of hydrogen-bond acceptors (Lipinski definition) is 12. The highest BCUT2D eigenvalue weighted by atomic mass is 16.6. The van der Waals surface area contributed by atoms with Crippen LogP contribution in [0.25, 0.3) is 0 Å². The van der Waals surface area contributed by atoms with Crippen LogP contribution in [0.3, 0.4) is 0 Å². The van der Waals surface area contributed by atoms with Crippen molar-refractivity contribution in [2.45, 2.75) is 160 Å². The van der Waals surface area contributed by atoms with Crippen LogP contribution in [-0.4, -0.2) is 61.2 Å². The summed E-state index contributed by atoms with van der Waals surface area (Å²) in [5.74, 6) is 13.5. The van der Waals surface area contributed by atoms with Crippen molar-refractivity contribution in [1.82, 2.24) is 0 Å². The first kappa shape index (κ1) is 61.7. The smallest absolute Gasteiger partial charge is 0.339 e. The molecule has 0 spiro atoms. The number of hydrogen-bond donors (Lipinski definition) is 0. The molecule has 3 aliphatic carbocycles. The zero-order chi connectivity index (χ0) is 57.9. The summed E-state index contributed by atoms with van der Waals surface area (Å²) in [5, 5.41) is 0. The van der Waals surface area contributed by atoms with Gasteiger partial charge in [-0.2, -0.15) is 0 Å². The highest BCUT2D eigenvalue weighted by Crippen LogP contribution is 2.41. The van der Waals surface area contributed by atoms with Crippen LogP contribution >= 0.6 is 0 Å². The SMILES string of the molecule is C#Cc1ccc(C#Cc2ccc(C#CC3(OC(=O)c4ccc(OC(=O)C5CCC(C(=O)OCCCCCC)CC5)cc4)CCC(c4ccc(OC(=O)C5CCC(C(=O)OCCCCCCCCOC(=O)C=C)CC5)cc4)CC3)cc2)cc1. The van der Waals surface area contributed by atoms with Crippen molar-refractivity contribution in [1.29, 1.82) is 0 Å². The van der Waals surface area contributed by atoms with Crippen LogP contribution in [0.15, 0.2) is 110 Å². The van der Waals surface area contributed by atoms with Crippen LogP contribution in [0.2, 0.25) is 0 Å². The third kappa shape index (κ3) is 19.7. The Bertz CT molecular complexity index is 2920. The van der Waals surface area contributed by atoms with E-state index >= 15 is 0 Å². The van der Waals surface area contributed by atoms with Gasteiger partial charge in [0.15, 0.2) is 5.60 Å². The number of unbranched alkanes of at least 4 members (excludes halogenated alkanes) is 8. The van der Waals surface area contributed by atoms with Crippen LogP contribution in [0.5, 0.6) is 11.5 Å². The second-order valence-corrected chi connectivity index (χ2v) is 21.9. The quantitative estimate of drug-likeness (QED) is 0.0164. The van der Waals surface area contributed by atoms with Crippen molar-refractivity contribution in [2.75, 3.05) is 19.8 Å². The van der Waals surface area contributed by atoms with Crippen molar-refractivity contribution < 1.29 is 57.2 Å². The molecule has 0 atom stereocenters. The Balaban J connectivity index is 0.898. The van der Waals surface area contributed by atoms with Crippen molar-refractivity contribution in [3.63, 3.8) is 0 Å². The van der Waals surface area contributed by atoms with E-state index in [4.69, 9.17) is 34.8 Å². The van der Waals surface area contributed by atoms with Gasteiger partial charge in [0.1, 0.15) is 11.5 Å². The number of carbonyl (C=O) groups excluding carboxylic acids is 6. The van der Waals surface area contributed by atoms with Gasteiger partial charge in [0.2, 0.25) is 0 Å². The van der Waals surface area contributed by atoms with Gasteiger partial charge in [-0.3, -0.25) is 19.2 Å². The van der Waals surface area contributed by atoms with E-state index < -0.39 is 17.5 Å². The summed E-state index contributed by atoms with van der Waals surface area (Å²) in [5.41, 5.74) is 3.47. The minimum atomic E-state index is -1.10. The minimum Gasteiger partial charge on any atom is -0.465 e. The molecule has 0 aromatic heterocycles. The van der Waals surface area contributed by atoms with Crippen LogP contribution in [0, 0.1) is 59.7 Å². The minimum absolute atomic E-state index is 0.138. The molecule has 430 valence electrons. The Morgan fingerprint density at radius 3 is 1.35 bits per heavy atom. The summed E-state index contributed by atoms with van der Waals surface area (Å²) in [6, 6.07) is 29.1. The molecule has 0 unspecified atom stereocenters. The molecule has 0 aliphatic heterocycles. The maximum absolute atomic E-state index is 14.0. The predicted octanol–water partition coefficient (Wildman–Crippen LogP) is 13.5. The largest absolute Gasteiger partial charge is 0.465 e. The van der Waals surface area contributed by atoms with Crippen LogP contribution < -0.4 is 9.47 Å². The van der Waals surface area contributed by atoms with Gasteiger partial charge in [-0.05, 0) is 199 Å². The molecule has 3 aliphatic rings. The van der Waals surface area contributed by atoms with Crippen molar-refractivity contribution in [3.8, 4) is 47.5 Å². The fraction of sp³-hybridized carbons (Fsp3) is 0.457. The lowest BCUT2D eigenvalue weighted by molar-refractivity contribution is -0.152. The summed E-state index contributed by atoms with van der Waals surface area (Å²) >= 11 is 0. The number of carbonyl (C=O) groups is 6. The third-order valence-corrected chi connectivity index (χ3v) is 15.9. The van der Waals surface area contributed by atoms with Crippen molar-refractivity contribution >= 4 is 35.8 Å². The first-order valence-electron chi connectivity index (χ1n) is 29.6. The van der Waals surface area contributed by atoms with Gasteiger partial charge in [0.05, 0.1) is 49.1 Å². The van der Waals surface area contributed by atoms with Crippen molar-refractivity contribution in [3.05, 3.63) is 143 Å². The highest BCUT2D eigenvalue weighted by molar-refractivity contribution is 5.90. The first-order valence-corrected chi connectivity index (χ1v) is 29.6. The van der Waals surface area contributed by atoms with Gasteiger partial charge in [0.25, 0.3) is 0 Å². The Labute approximate surface area is 484 Å². The molecule has 0 saturated heterocycles. The second-order valence-electron chi connectivity index (χ2n) is 21.9. The normalized spacial score (nSPS) is 20.1. The molecular formula is C70H78O12. The van der Waals surface area contributed by atoms with Crippen LogP contribution in [0.4, 0.5) is 0 Å². The molecule has 4 aromatic carbocycles. The molecule has 0 amide bonds. The summed E-state index contributed by atoms with van der Waals surface area (Å²) in [4.78, 5) is 77.1. The number of terminal acetylenes is 1. The Kier molecular flexibility index (Phi) is 24.5. The highest BCUT2D eigenvalue weighted by Gasteiger charge is 2.39. The van der Waals surface area contributed by atoms with Gasteiger partial charge in [-0.15, -0.1) is 6.42 Å². The molecule has 3 fully saturated rings. The average molecular weight is 1110 g/mol. The molecule has 12 heteroatoms. The van der Waals surface area contributed by atoms with Crippen molar-refractivity contribution in [2.24, 2.45) is 23.7 Å². The Morgan fingerprint density at radius 2 is 0.902 bits per heavy atom. The van der Waals surface area contributed by atoms with E-state index in [0.29, 0.717) is 114 Å². The zero-order valence-electron chi connectivity index (χ0n) is 47.6. The number of rotatable bonds is 24. The number of esters is 6. The molecule has 3 saturated carbocycles. The van der Waals surface area contributed by atoms with Crippen LogP contribution in [-0.2, 0) is 42.9 Å². The van der Waals surface area contributed by atoms with E-state index in [2.05, 4.69) is 43.1 Å². The van der Waals surface area contributed by atoms with Gasteiger partial charge >= 0.3 is 35.8 Å². The first-order chi connectivity index (χ1) is 39.9. The lowest BCUT2D eigenvalue weighted by Crippen LogP contribution is -2.37. The van der Waals surface area contributed by atoms with Gasteiger partial charge in [-0.1, -0.05) is 94.3 Å². The molecule has 0 bridgehead atoms. The molecule has 0 heterocycles. The summed E-state index contributed by atoms with van der Waals surface area (Å²) in [6.07, 6.45) is 23.2. The lowest BCUT2D eigenvalue weighted by Gasteiger charge is -2.36. The summed E-state index contributed by atoms with van der Waals surface area (Å²) in [6.45, 7) is 6.76. The van der Waals surface area contributed by atoms with Gasteiger partial charge in [-0.25, -0.2) is 9.59 Å². The third-order valence-electron chi connectivity index (χ3n) is 15.9. The molecule has 7 rings (SSSR count). The second kappa shape index (κ2) is 32.5. The van der Waals surface area contributed by atoms with E-state index in [-0.39, 0.29) is 53.5 Å². The fourth-order valence-corrected chi connectivity index (χ4v) is 10.8. The molecule has 0 N–H and O–H groups in total. The van der Waals surface area contributed by atoms with Gasteiger partial charge < -0.3 is 28.4 Å². The zero-order valence-corrected chi connectivity index (χ0v) is 47.6. The van der Waals surface area contributed by atoms with E-state index in [1.807, 2.05) is 72.8 Å². The fourth-order valence-electron chi connectivity index (χ4n) is 10.8. The lowest BCUT2D eigenvalue weighted by atomic mass is 9.76. The van der Waals surface area contributed by atoms with E-state index in [1.54, 1.807) is 24.3 Å². The van der Waals surface area contributed by atoms with Crippen LogP contribution in [0.1, 0.15) is 192 Å². The maximum Gasteiger partial charge on any atom is 0.339 e. The maximum atomic E-state index is 14.0. The average Bonchev–Trinajstić information content (AvgIpc) is 3.71. The summed E-state index contributed by atoms with van der Waals surface area (Å²) < 4.78 is 34.1. The monoisotopic (exact) mass is 1110 g/mol. The topological polar surface area (TPSA) is 158 Å². The number of benzene rings is 4. The molecule has 0 radical (unpaired) electrons. The summed E-state index contributed by atoms with van der Waals surface area (Å²) in [7, 11) is 0. The Morgan fingerprint density at radius 1 is 0.500 bits per heavy atom. The number of ether oxygens (including phenoxy) is 6. The van der Waals surface area contributed by atoms with E-state index in [1.165, 1.54) is 6.08 Å². The molecule has 4 aromatic rings. The molecule has 82 heavy (non-hydrogen) atoms. The molecular weight excluding hydrogens is 1030 g/mol. The van der Waals surface area contributed by atoms with E-state index in [0.717, 1.165) is 92.0 Å². The van der Waals surface area contributed by atoms with Gasteiger partial charge in [0, 0.05) is 28.3 Å². The molecule has 12 nitrogen and oxygen atoms in total. The predicted molar refractivity (Wildman–Crippen MR) is 313 cm³/mol. The Hall–Kier alpha value is -7.88. The van der Waals surface area contributed by atoms with E-state index in [9.17, 15) is 28.8 Å². The standard InChI is InChI=1S/C70H78O12/c1-4-7-8-13-49-78-65(72)57-26-32-60(33-27-57)68(75)81-63-40-36-61(37-41-63)69(76)82-70(45-42-54-24-22-53(23-25-54)21-20-52-18-16-51(5-2)17-19-52)46-43-56(44-47-70)55-34-38-62(39-35-55)80-67(74)59-30-28-58(29-31-59)66(73)79-50-15-12-10-9-11-14-48-77-64(71)6-3/h2,6,16-19,22-25,34-41,56-60H,3-4,7-15,26-33,43-44,46-50H2,1H3.